The van der Waals surface area contributed by atoms with Gasteiger partial charge < -0.3 is 10.6 Å². The van der Waals surface area contributed by atoms with Crippen LogP contribution in [-0.2, 0) is 4.79 Å². The van der Waals surface area contributed by atoms with Crippen LogP contribution in [0.4, 0.5) is 0 Å². The van der Waals surface area contributed by atoms with Crippen molar-refractivity contribution in [3.8, 4) is 0 Å². The number of nitrogens with zero attached hydrogens (tertiary/aromatic N) is 1. The van der Waals surface area contributed by atoms with Gasteiger partial charge in [-0.25, -0.2) is 0 Å². The van der Waals surface area contributed by atoms with Gasteiger partial charge >= 0.3 is 0 Å². The van der Waals surface area contributed by atoms with Gasteiger partial charge in [0.1, 0.15) is 0 Å². The maximum Gasteiger partial charge on any atom is 0.222 e. The molecule has 88 valence electrons. The van der Waals surface area contributed by atoms with Crippen LogP contribution in [0.15, 0.2) is 0 Å². The number of hydrogen-bond donors (Lipinski definition) is 1. The Hall–Kier alpha value is -0.570. The normalized spacial score (nSPS) is 25.1. The maximum absolute atomic E-state index is 11.8. The average molecular weight is 212 g/mol. The lowest BCUT2D eigenvalue weighted by molar-refractivity contribution is -0.130. The molecule has 2 N–H and O–H groups in total. The fourth-order valence-electron chi connectivity index (χ4n) is 2.33. The summed E-state index contributed by atoms with van der Waals surface area (Å²) in [4.78, 5) is 13.7. The molecule has 0 radical (unpaired) electrons. The van der Waals surface area contributed by atoms with Crippen molar-refractivity contribution in [1.29, 1.82) is 0 Å². The van der Waals surface area contributed by atoms with Crippen LogP contribution in [0.1, 0.15) is 46.0 Å². The third-order valence-electron chi connectivity index (χ3n) is 3.13. The topological polar surface area (TPSA) is 46.3 Å². The van der Waals surface area contributed by atoms with E-state index in [9.17, 15) is 4.79 Å². The highest BCUT2D eigenvalue weighted by Crippen LogP contribution is 2.22. The Bertz CT molecular complexity index is 204. The first kappa shape index (κ1) is 12.5. The molecule has 1 aliphatic rings. The number of likely N-dealkylation sites (tertiary alicyclic amines) is 1. The van der Waals surface area contributed by atoms with Crippen molar-refractivity contribution in [2.24, 2.45) is 11.7 Å². The van der Waals surface area contributed by atoms with E-state index >= 15 is 0 Å². The van der Waals surface area contributed by atoms with E-state index in [4.69, 9.17) is 5.73 Å². The molecule has 1 unspecified atom stereocenters. The van der Waals surface area contributed by atoms with E-state index in [1.807, 2.05) is 11.8 Å². The van der Waals surface area contributed by atoms with E-state index in [2.05, 4.69) is 6.92 Å². The molecule has 1 saturated heterocycles. The van der Waals surface area contributed by atoms with Crippen molar-refractivity contribution in [1.82, 2.24) is 4.90 Å². The molecule has 3 heteroatoms. The van der Waals surface area contributed by atoms with Crippen molar-refractivity contribution in [2.45, 2.75) is 52.0 Å². The van der Waals surface area contributed by atoms with Gasteiger partial charge in [0.2, 0.25) is 5.91 Å². The zero-order chi connectivity index (χ0) is 11.3. The summed E-state index contributed by atoms with van der Waals surface area (Å²) in [7, 11) is 0. The summed E-state index contributed by atoms with van der Waals surface area (Å²) in [5.74, 6) is 1.04. The SMILES string of the molecule is CCCC1CCC(=O)N(C[C@H](C)N)CC1. The molecule has 0 aromatic carbocycles. The summed E-state index contributed by atoms with van der Waals surface area (Å²) in [6.45, 7) is 5.80. The minimum absolute atomic E-state index is 0.0941. The van der Waals surface area contributed by atoms with Gasteiger partial charge in [0.05, 0.1) is 0 Å². The first-order valence-electron chi connectivity index (χ1n) is 6.16. The Morgan fingerprint density at radius 2 is 2.27 bits per heavy atom. The van der Waals surface area contributed by atoms with Gasteiger partial charge in [-0.1, -0.05) is 19.8 Å². The van der Waals surface area contributed by atoms with Crippen LogP contribution in [0, 0.1) is 5.92 Å². The molecule has 15 heavy (non-hydrogen) atoms. The highest BCUT2D eigenvalue weighted by Gasteiger charge is 2.22. The molecular weight excluding hydrogens is 188 g/mol. The fraction of sp³-hybridized carbons (Fsp3) is 0.917. The van der Waals surface area contributed by atoms with E-state index in [1.165, 1.54) is 12.8 Å². The largest absolute Gasteiger partial charge is 0.341 e. The molecule has 0 saturated carbocycles. The number of nitrogens with two attached hydrogens (primary N) is 1. The summed E-state index contributed by atoms with van der Waals surface area (Å²) >= 11 is 0. The Labute approximate surface area is 93.0 Å². The molecule has 1 rings (SSSR count). The lowest BCUT2D eigenvalue weighted by Gasteiger charge is -2.22. The van der Waals surface area contributed by atoms with E-state index in [0.717, 1.165) is 38.3 Å². The predicted molar refractivity (Wildman–Crippen MR) is 62.5 cm³/mol. The Balaban J connectivity index is 2.44. The number of carbonyl (C=O) groups excluding carboxylic acids is 1. The Morgan fingerprint density at radius 1 is 1.53 bits per heavy atom. The number of carbonyl (C=O) groups is 1. The second-order valence-electron chi connectivity index (χ2n) is 4.80. The van der Waals surface area contributed by atoms with Crippen molar-refractivity contribution in [3.05, 3.63) is 0 Å². The predicted octanol–water partition coefficient (Wildman–Crippen LogP) is 1.76. The molecule has 1 fully saturated rings. The minimum atomic E-state index is 0.0941. The quantitative estimate of drug-likeness (QED) is 0.772. The zero-order valence-corrected chi connectivity index (χ0v) is 10.0. The summed E-state index contributed by atoms with van der Waals surface area (Å²) in [5.41, 5.74) is 5.74. The van der Waals surface area contributed by atoms with Crippen LogP contribution < -0.4 is 5.73 Å². The first-order chi connectivity index (χ1) is 7.13. The van der Waals surface area contributed by atoms with Gasteiger partial charge in [-0.2, -0.15) is 0 Å². The smallest absolute Gasteiger partial charge is 0.222 e. The van der Waals surface area contributed by atoms with Gasteiger partial charge in [-0.05, 0) is 25.7 Å². The van der Waals surface area contributed by atoms with Crippen LogP contribution in [-0.4, -0.2) is 29.9 Å². The molecule has 0 spiro atoms. The average Bonchev–Trinajstić information content (AvgIpc) is 2.32. The van der Waals surface area contributed by atoms with Crippen molar-refractivity contribution in [3.63, 3.8) is 0 Å². The van der Waals surface area contributed by atoms with E-state index in [1.54, 1.807) is 0 Å². The van der Waals surface area contributed by atoms with Crippen molar-refractivity contribution < 1.29 is 4.79 Å². The first-order valence-corrected chi connectivity index (χ1v) is 6.16. The summed E-state index contributed by atoms with van der Waals surface area (Å²) in [5, 5.41) is 0. The summed E-state index contributed by atoms with van der Waals surface area (Å²) in [6.07, 6.45) is 5.44. The van der Waals surface area contributed by atoms with E-state index < -0.39 is 0 Å². The second-order valence-corrected chi connectivity index (χ2v) is 4.80. The monoisotopic (exact) mass is 212 g/mol. The number of amides is 1. The third kappa shape index (κ3) is 4.20. The van der Waals surface area contributed by atoms with Crippen molar-refractivity contribution >= 4 is 5.91 Å². The molecule has 0 bridgehead atoms. The number of hydrogen-bond acceptors (Lipinski definition) is 2. The summed E-state index contributed by atoms with van der Waals surface area (Å²) < 4.78 is 0. The van der Waals surface area contributed by atoms with E-state index in [0.29, 0.717) is 5.91 Å². The molecule has 0 aromatic heterocycles. The summed E-state index contributed by atoms with van der Waals surface area (Å²) in [6, 6.07) is 0.0941. The molecule has 0 aromatic rings. The molecular formula is C12H24N2O. The standard InChI is InChI=1S/C12H24N2O/c1-3-4-11-5-6-12(15)14(8-7-11)9-10(2)13/h10-11H,3-9,13H2,1-2H3/t10-,11?/m0/s1. The highest BCUT2D eigenvalue weighted by molar-refractivity contribution is 5.76. The van der Waals surface area contributed by atoms with Crippen LogP contribution in [0.2, 0.25) is 0 Å². The lowest BCUT2D eigenvalue weighted by Crippen LogP contribution is -2.39. The van der Waals surface area contributed by atoms with Crippen LogP contribution in [0.3, 0.4) is 0 Å². The zero-order valence-electron chi connectivity index (χ0n) is 10.0. The van der Waals surface area contributed by atoms with Crippen LogP contribution in [0.25, 0.3) is 0 Å². The van der Waals surface area contributed by atoms with Crippen LogP contribution >= 0.6 is 0 Å². The highest BCUT2D eigenvalue weighted by atomic mass is 16.2. The van der Waals surface area contributed by atoms with Crippen molar-refractivity contribution in [2.75, 3.05) is 13.1 Å². The Kier molecular flexibility index (Phi) is 5.09. The van der Waals surface area contributed by atoms with Crippen LogP contribution in [0.5, 0.6) is 0 Å². The molecule has 2 atom stereocenters. The lowest BCUT2D eigenvalue weighted by atomic mass is 9.96. The van der Waals surface area contributed by atoms with Gasteiger partial charge in [-0.3, -0.25) is 4.79 Å². The molecule has 3 nitrogen and oxygen atoms in total. The van der Waals surface area contributed by atoms with Gasteiger partial charge in [0.15, 0.2) is 0 Å². The van der Waals surface area contributed by atoms with E-state index in [-0.39, 0.29) is 6.04 Å². The Morgan fingerprint density at radius 3 is 2.87 bits per heavy atom. The fourth-order valence-corrected chi connectivity index (χ4v) is 2.33. The second kappa shape index (κ2) is 6.11. The van der Waals surface area contributed by atoms with Gasteiger partial charge in [-0.15, -0.1) is 0 Å². The molecule has 1 heterocycles. The molecule has 1 aliphatic heterocycles. The van der Waals surface area contributed by atoms with Gasteiger partial charge in [0.25, 0.3) is 0 Å². The van der Waals surface area contributed by atoms with Gasteiger partial charge in [0, 0.05) is 25.6 Å². The maximum atomic E-state index is 11.8. The minimum Gasteiger partial charge on any atom is -0.341 e. The third-order valence-corrected chi connectivity index (χ3v) is 3.13. The molecule has 0 aliphatic carbocycles. The molecule has 1 amide bonds. The number of rotatable bonds is 4.